The van der Waals surface area contributed by atoms with Crippen molar-refractivity contribution in [1.82, 2.24) is 0 Å². The molecule has 2 nitrogen and oxygen atoms in total. The largest absolute Gasteiger partial charge is 0.505 e. The average Bonchev–Trinajstić information content (AvgIpc) is 3.37. The highest BCUT2D eigenvalue weighted by molar-refractivity contribution is 7.28. The Hall–Kier alpha value is -0.615. The van der Waals surface area contributed by atoms with E-state index in [2.05, 4.69) is 60.6 Å². The maximum absolute atomic E-state index is 6.39. The van der Waals surface area contributed by atoms with Crippen LogP contribution in [-0.2, 0) is 22.2 Å². The van der Waals surface area contributed by atoms with Gasteiger partial charge in [0.25, 0.3) is 0 Å². The molecule has 1 saturated heterocycles. The molecular formula is C27H43BO2S2. The van der Waals surface area contributed by atoms with Crippen molar-refractivity contribution in [2.24, 2.45) is 0 Å². The summed E-state index contributed by atoms with van der Waals surface area (Å²) in [6.07, 6.45) is 12.8. The Balaban J connectivity index is 1.84. The zero-order valence-electron chi connectivity index (χ0n) is 21.4. The zero-order chi connectivity index (χ0) is 23.4. The fraction of sp³-hybridized carbons (Fsp3) is 0.704. The van der Waals surface area contributed by atoms with Crippen molar-refractivity contribution in [3.05, 3.63) is 28.1 Å². The van der Waals surface area contributed by atoms with Gasteiger partial charge in [0.1, 0.15) is 0 Å². The minimum atomic E-state index is -0.297. The second-order valence-corrected chi connectivity index (χ2v) is 12.7. The van der Waals surface area contributed by atoms with Gasteiger partial charge in [0.2, 0.25) is 0 Å². The van der Waals surface area contributed by atoms with Crippen LogP contribution in [0.4, 0.5) is 0 Å². The molecule has 0 aliphatic carbocycles. The molecule has 178 valence electrons. The van der Waals surface area contributed by atoms with Gasteiger partial charge >= 0.3 is 7.12 Å². The molecule has 1 fully saturated rings. The second-order valence-electron chi connectivity index (χ2n) is 10.4. The van der Waals surface area contributed by atoms with E-state index in [9.17, 15) is 0 Å². The molecule has 0 aromatic carbocycles. The Morgan fingerprint density at radius 1 is 0.750 bits per heavy atom. The molecule has 32 heavy (non-hydrogen) atoms. The molecule has 0 N–H and O–H groups in total. The second kappa shape index (κ2) is 11.2. The van der Waals surface area contributed by atoms with Crippen LogP contribution in [0.5, 0.6) is 0 Å². The smallest absolute Gasteiger partial charge is 0.399 e. The van der Waals surface area contributed by atoms with Crippen molar-refractivity contribution in [3.63, 3.8) is 0 Å². The van der Waals surface area contributed by atoms with E-state index in [1.54, 1.807) is 5.56 Å². The molecule has 0 saturated carbocycles. The van der Waals surface area contributed by atoms with Gasteiger partial charge in [0.15, 0.2) is 0 Å². The molecule has 0 radical (unpaired) electrons. The lowest BCUT2D eigenvalue weighted by molar-refractivity contribution is 0.00578. The Morgan fingerprint density at radius 2 is 1.31 bits per heavy atom. The van der Waals surface area contributed by atoms with E-state index in [1.807, 2.05) is 22.7 Å². The van der Waals surface area contributed by atoms with Crippen molar-refractivity contribution >= 4 is 34.6 Å². The Kier molecular flexibility index (Phi) is 9.10. The standard InChI is InChI=1S/C27H43BO2S2/c1-8-10-12-14-16-21-18-23(31-20(21)3)25-22(17-15-13-11-9-2)19-24(32-25)28-29-26(4,5)27(6,7)30-28/h18-19H,8-17H2,1-7H3. The molecule has 0 atom stereocenters. The SMILES string of the molecule is CCCCCCc1cc(-c2sc(B3OC(C)(C)C(C)(C)O3)cc2CCCCCC)sc1C. The highest BCUT2D eigenvalue weighted by Gasteiger charge is 2.52. The van der Waals surface area contributed by atoms with Crippen LogP contribution >= 0.6 is 22.7 Å². The fourth-order valence-electron chi connectivity index (χ4n) is 4.28. The lowest BCUT2D eigenvalue weighted by Gasteiger charge is -2.32. The van der Waals surface area contributed by atoms with E-state index in [-0.39, 0.29) is 18.3 Å². The maximum atomic E-state index is 6.39. The van der Waals surface area contributed by atoms with Gasteiger partial charge in [-0.05, 0) is 83.6 Å². The first-order chi connectivity index (χ1) is 15.2. The van der Waals surface area contributed by atoms with Gasteiger partial charge in [-0.15, -0.1) is 22.7 Å². The third-order valence-corrected chi connectivity index (χ3v) is 9.63. The van der Waals surface area contributed by atoms with Gasteiger partial charge < -0.3 is 9.31 Å². The summed E-state index contributed by atoms with van der Waals surface area (Å²) < 4.78 is 14.0. The summed E-state index contributed by atoms with van der Waals surface area (Å²) in [6.45, 7) is 15.4. The van der Waals surface area contributed by atoms with Crippen LogP contribution in [0.3, 0.4) is 0 Å². The molecule has 3 heterocycles. The first kappa shape index (κ1) is 26.0. The molecule has 0 spiro atoms. The summed E-state index contributed by atoms with van der Waals surface area (Å²) in [5.41, 5.74) is 2.43. The van der Waals surface area contributed by atoms with Crippen LogP contribution in [-0.4, -0.2) is 18.3 Å². The van der Waals surface area contributed by atoms with E-state index >= 15 is 0 Å². The third kappa shape index (κ3) is 6.08. The lowest BCUT2D eigenvalue weighted by Crippen LogP contribution is -2.41. The summed E-state index contributed by atoms with van der Waals surface area (Å²) in [7, 11) is -0.261. The zero-order valence-corrected chi connectivity index (χ0v) is 23.1. The van der Waals surface area contributed by atoms with Gasteiger partial charge in [0.05, 0.1) is 11.2 Å². The maximum Gasteiger partial charge on any atom is 0.505 e. The molecule has 5 heteroatoms. The van der Waals surface area contributed by atoms with Crippen molar-refractivity contribution < 1.29 is 9.31 Å². The minimum Gasteiger partial charge on any atom is -0.399 e. The van der Waals surface area contributed by atoms with E-state index in [1.165, 1.54) is 82.8 Å². The highest BCUT2D eigenvalue weighted by Crippen LogP contribution is 2.41. The van der Waals surface area contributed by atoms with Gasteiger partial charge in [-0.3, -0.25) is 0 Å². The molecule has 1 aliphatic rings. The van der Waals surface area contributed by atoms with Gasteiger partial charge in [-0.1, -0.05) is 52.4 Å². The molecule has 1 aliphatic heterocycles. The number of rotatable bonds is 12. The minimum absolute atomic E-state index is 0.261. The average molecular weight is 475 g/mol. The normalized spacial score (nSPS) is 17.4. The van der Waals surface area contributed by atoms with Crippen LogP contribution < -0.4 is 4.78 Å². The van der Waals surface area contributed by atoms with Gasteiger partial charge in [-0.25, -0.2) is 0 Å². The number of hydrogen-bond acceptors (Lipinski definition) is 4. The molecule has 0 unspecified atom stereocenters. The number of thiophene rings is 2. The summed E-state index contributed by atoms with van der Waals surface area (Å²) in [5.74, 6) is 0. The fourth-order valence-corrected chi connectivity index (χ4v) is 6.66. The molecule has 0 bridgehead atoms. The van der Waals surface area contributed by atoms with Crippen LogP contribution in [0.1, 0.15) is 109 Å². The van der Waals surface area contributed by atoms with Crippen LogP contribution in [0.2, 0.25) is 0 Å². The Morgan fingerprint density at radius 3 is 1.88 bits per heavy atom. The summed E-state index contributed by atoms with van der Waals surface area (Å²) in [6, 6.07) is 4.85. The summed E-state index contributed by atoms with van der Waals surface area (Å²) >= 11 is 3.86. The first-order valence-corrected chi connectivity index (χ1v) is 14.4. The quantitative estimate of drug-likeness (QED) is 0.227. The number of unbranched alkanes of at least 4 members (excludes halogenated alkanes) is 6. The molecule has 2 aromatic rings. The van der Waals surface area contributed by atoms with Crippen LogP contribution in [0.25, 0.3) is 9.75 Å². The van der Waals surface area contributed by atoms with E-state index < -0.39 is 0 Å². The summed E-state index contributed by atoms with van der Waals surface area (Å²) in [5, 5.41) is 0. The first-order valence-electron chi connectivity index (χ1n) is 12.8. The van der Waals surface area contributed by atoms with Crippen molar-refractivity contribution in [1.29, 1.82) is 0 Å². The van der Waals surface area contributed by atoms with Gasteiger partial charge in [0, 0.05) is 19.4 Å². The Labute approximate surface area is 205 Å². The topological polar surface area (TPSA) is 18.5 Å². The third-order valence-electron chi connectivity index (χ3n) is 7.16. The highest BCUT2D eigenvalue weighted by atomic mass is 32.1. The number of aryl methyl sites for hydroxylation is 3. The van der Waals surface area contributed by atoms with Gasteiger partial charge in [-0.2, -0.15) is 0 Å². The molecule has 3 rings (SSSR count). The Bertz CT molecular complexity index is 849. The monoisotopic (exact) mass is 474 g/mol. The molecule has 2 aromatic heterocycles. The predicted octanol–water partition coefficient (Wildman–Crippen LogP) is 8.33. The van der Waals surface area contributed by atoms with Crippen molar-refractivity contribution in [2.75, 3.05) is 0 Å². The van der Waals surface area contributed by atoms with Crippen LogP contribution in [0, 0.1) is 6.92 Å². The van der Waals surface area contributed by atoms with E-state index in [0.29, 0.717) is 0 Å². The number of hydrogen-bond donors (Lipinski definition) is 0. The summed E-state index contributed by atoms with van der Waals surface area (Å²) in [4.78, 5) is 4.37. The van der Waals surface area contributed by atoms with Crippen LogP contribution in [0.15, 0.2) is 12.1 Å². The predicted molar refractivity (Wildman–Crippen MR) is 144 cm³/mol. The van der Waals surface area contributed by atoms with Crippen molar-refractivity contribution in [3.8, 4) is 9.75 Å². The lowest BCUT2D eigenvalue weighted by atomic mass is 9.87. The van der Waals surface area contributed by atoms with E-state index in [4.69, 9.17) is 9.31 Å². The van der Waals surface area contributed by atoms with Crippen molar-refractivity contribution in [2.45, 2.75) is 124 Å². The molecular weight excluding hydrogens is 431 g/mol. The van der Waals surface area contributed by atoms with E-state index in [0.717, 1.165) is 6.42 Å². The molecule has 0 amide bonds.